The number of esters is 1. The summed E-state index contributed by atoms with van der Waals surface area (Å²) in [5, 5.41) is 3.05. The number of nitrogens with zero attached hydrogens (tertiary/aromatic N) is 1. The molecule has 1 saturated heterocycles. The van der Waals surface area contributed by atoms with E-state index in [1.54, 1.807) is 0 Å². The number of ether oxygens (including phenoxy) is 1. The second-order valence-corrected chi connectivity index (χ2v) is 4.95. The van der Waals surface area contributed by atoms with E-state index in [1.807, 2.05) is 14.0 Å². The van der Waals surface area contributed by atoms with Gasteiger partial charge in [0.25, 0.3) is 0 Å². The highest BCUT2D eigenvalue weighted by Gasteiger charge is 2.28. The molecule has 4 nitrogen and oxygen atoms in total. The molecule has 4 heteroatoms. The predicted octanol–water partition coefficient (Wildman–Crippen LogP) is 1.26. The van der Waals surface area contributed by atoms with Crippen molar-refractivity contribution in [3.63, 3.8) is 0 Å². The minimum Gasteiger partial charge on any atom is -0.465 e. The number of rotatable bonds is 5. The van der Waals surface area contributed by atoms with Crippen LogP contribution in [0, 0.1) is 5.92 Å². The first kappa shape index (κ1) is 14.5. The van der Waals surface area contributed by atoms with Crippen molar-refractivity contribution in [3.8, 4) is 0 Å². The normalized spacial score (nSPS) is 27.8. The van der Waals surface area contributed by atoms with Crippen molar-refractivity contribution in [1.29, 1.82) is 0 Å². The van der Waals surface area contributed by atoms with Gasteiger partial charge in [-0.25, -0.2) is 0 Å². The third kappa shape index (κ3) is 3.96. The lowest BCUT2D eigenvalue weighted by Crippen LogP contribution is -2.51. The zero-order chi connectivity index (χ0) is 12.8. The third-order valence-corrected chi connectivity index (χ3v) is 3.84. The summed E-state index contributed by atoms with van der Waals surface area (Å²) in [6.07, 6.45) is 2.52. The number of carbonyl (C=O) groups excluding carboxylic acids is 1. The van der Waals surface area contributed by atoms with Crippen LogP contribution in [0.4, 0.5) is 0 Å². The number of likely N-dealkylation sites (N-methyl/N-ethyl adjacent to an activating group) is 1. The molecule has 1 aliphatic heterocycles. The maximum atomic E-state index is 11.7. The molecule has 1 aliphatic rings. The summed E-state index contributed by atoms with van der Waals surface area (Å²) in [6.45, 7) is 8.67. The first-order valence-corrected chi connectivity index (χ1v) is 6.68. The summed E-state index contributed by atoms with van der Waals surface area (Å²) in [4.78, 5) is 14.1. The van der Waals surface area contributed by atoms with Crippen molar-refractivity contribution in [1.82, 2.24) is 10.2 Å². The monoisotopic (exact) mass is 242 g/mol. The molecule has 0 aliphatic carbocycles. The Kier molecular flexibility index (Phi) is 5.92. The molecule has 3 atom stereocenters. The summed E-state index contributed by atoms with van der Waals surface area (Å²) in [7, 11) is 1.82. The van der Waals surface area contributed by atoms with E-state index in [2.05, 4.69) is 24.1 Å². The van der Waals surface area contributed by atoms with E-state index in [9.17, 15) is 4.79 Å². The highest BCUT2D eigenvalue weighted by atomic mass is 16.5. The Bertz CT molecular complexity index is 246. The molecular weight excluding hydrogens is 216 g/mol. The Balaban J connectivity index is 2.52. The van der Waals surface area contributed by atoms with E-state index < -0.39 is 0 Å². The largest absolute Gasteiger partial charge is 0.465 e. The smallest absolute Gasteiger partial charge is 0.324 e. The van der Waals surface area contributed by atoms with Crippen LogP contribution in [0.25, 0.3) is 0 Å². The quantitative estimate of drug-likeness (QED) is 0.737. The van der Waals surface area contributed by atoms with Crippen LogP contribution in [-0.2, 0) is 9.53 Å². The van der Waals surface area contributed by atoms with Crippen LogP contribution in [0.1, 0.15) is 33.6 Å². The predicted molar refractivity (Wildman–Crippen MR) is 68.9 cm³/mol. The lowest BCUT2D eigenvalue weighted by Gasteiger charge is -2.39. The van der Waals surface area contributed by atoms with Crippen LogP contribution in [-0.4, -0.2) is 49.7 Å². The van der Waals surface area contributed by atoms with Crippen LogP contribution in [0.2, 0.25) is 0 Å². The van der Waals surface area contributed by atoms with Crippen molar-refractivity contribution in [2.75, 3.05) is 26.7 Å². The lowest BCUT2D eigenvalue weighted by molar-refractivity contribution is -0.146. The topological polar surface area (TPSA) is 41.6 Å². The molecule has 0 saturated carbocycles. The fourth-order valence-electron chi connectivity index (χ4n) is 2.44. The zero-order valence-electron chi connectivity index (χ0n) is 11.5. The Morgan fingerprint density at radius 1 is 1.53 bits per heavy atom. The van der Waals surface area contributed by atoms with Crippen molar-refractivity contribution in [2.45, 2.75) is 45.7 Å². The molecule has 0 aromatic carbocycles. The average Bonchev–Trinajstić information content (AvgIpc) is 2.31. The maximum absolute atomic E-state index is 11.7. The van der Waals surface area contributed by atoms with Crippen molar-refractivity contribution in [2.24, 2.45) is 5.92 Å². The van der Waals surface area contributed by atoms with Gasteiger partial charge in [-0.15, -0.1) is 0 Å². The van der Waals surface area contributed by atoms with Crippen LogP contribution in [0.15, 0.2) is 0 Å². The van der Waals surface area contributed by atoms with Crippen LogP contribution < -0.4 is 5.32 Å². The Morgan fingerprint density at radius 2 is 2.24 bits per heavy atom. The number of hydrogen-bond donors (Lipinski definition) is 1. The van der Waals surface area contributed by atoms with E-state index in [-0.39, 0.29) is 12.0 Å². The molecule has 100 valence electrons. The van der Waals surface area contributed by atoms with Gasteiger partial charge in [0.2, 0.25) is 0 Å². The molecule has 17 heavy (non-hydrogen) atoms. The first-order chi connectivity index (χ1) is 8.10. The summed E-state index contributed by atoms with van der Waals surface area (Å²) < 4.78 is 5.07. The van der Waals surface area contributed by atoms with Gasteiger partial charge in [-0.3, -0.25) is 9.69 Å². The van der Waals surface area contributed by atoms with Gasteiger partial charge < -0.3 is 10.1 Å². The van der Waals surface area contributed by atoms with Crippen LogP contribution in [0.3, 0.4) is 0 Å². The molecular formula is C13H26N2O2. The number of hydrogen-bond acceptors (Lipinski definition) is 4. The minimum atomic E-state index is -0.206. The zero-order valence-corrected chi connectivity index (χ0v) is 11.5. The number of nitrogens with one attached hydrogen (secondary N) is 1. The van der Waals surface area contributed by atoms with E-state index >= 15 is 0 Å². The second kappa shape index (κ2) is 6.97. The summed E-state index contributed by atoms with van der Waals surface area (Å²) in [5.41, 5.74) is 0. The molecule has 3 unspecified atom stereocenters. The fourth-order valence-corrected chi connectivity index (χ4v) is 2.44. The summed E-state index contributed by atoms with van der Waals surface area (Å²) in [6, 6.07) is 0.344. The van der Waals surface area contributed by atoms with Crippen LogP contribution >= 0.6 is 0 Å². The Morgan fingerprint density at radius 3 is 2.82 bits per heavy atom. The molecule has 0 radical (unpaired) electrons. The molecule has 1 heterocycles. The molecule has 0 aromatic rings. The van der Waals surface area contributed by atoms with Gasteiger partial charge in [-0.05, 0) is 46.2 Å². The van der Waals surface area contributed by atoms with Gasteiger partial charge in [-0.2, -0.15) is 0 Å². The molecule has 0 spiro atoms. The number of likely N-dealkylation sites (tertiary alicyclic amines) is 1. The van der Waals surface area contributed by atoms with Gasteiger partial charge >= 0.3 is 5.97 Å². The van der Waals surface area contributed by atoms with Crippen molar-refractivity contribution >= 4 is 5.97 Å². The van der Waals surface area contributed by atoms with E-state index in [0.717, 1.165) is 13.1 Å². The average molecular weight is 242 g/mol. The maximum Gasteiger partial charge on any atom is 0.324 e. The molecule has 1 N–H and O–H groups in total. The van der Waals surface area contributed by atoms with Crippen LogP contribution in [0.5, 0.6) is 0 Å². The molecule has 1 rings (SSSR count). The van der Waals surface area contributed by atoms with Gasteiger partial charge in [0.15, 0.2) is 0 Å². The Hall–Kier alpha value is -0.610. The first-order valence-electron chi connectivity index (χ1n) is 6.68. The second-order valence-electron chi connectivity index (χ2n) is 4.95. The third-order valence-electron chi connectivity index (χ3n) is 3.84. The van der Waals surface area contributed by atoms with E-state index in [4.69, 9.17) is 4.74 Å². The van der Waals surface area contributed by atoms with Crippen molar-refractivity contribution < 1.29 is 9.53 Å². The Labute approximate surface area is 105 Å². The van der Waals surface area contributed by atoms with E-state index in [1.165, 1.54) is 12.8 Å². The van der Waals surface area contributed by atoms with Gasteiger partial charge in [0.1, 0.15) is 6.04 Å². The van der Waals surface area contributed by atoms with E-state index in [0.29, 0.717) is 18.6 Å². The lowest BCUT2D eigenvalue weighted by atomic mass is 9.92. The number of carbonyl (C=O) groups is 1. The van der Waals surface area contributed by atoms with Gasteiger partial charge in [-0.1, -0.05) is 6.92 Å². The molecule has 0 bridgehead atoms. The highest BCUT2D eigenvalue weighted by Crippen LogP contribution is 2.22. The summed E-state index contributed by atoms with van der Waals surface area (Å²) in [5.74, 6) is 0.573. The fraction of sp³-hybridized carbons (Fsp3) is 0.923. The molecule has 1 fully saturated rings. The minimum absolute atomic E-state index is 0.138. The summed E-state index contributed by atoms with van der Waals surface area (Å²) >= 11 is 0. The molecule has 0 aromatic heterocycles. The van der Waals surface area contributed by atoms with Gasteiger partial charge in [0.05, 0.1) is 6.61 Å². The number of piperidine rings is 1. The SMILES string of the molecule is CCOC(=O)C(CN1CCCC(C)C1C)NC. The standard InChI is InChI=1S/C13H26N2O2/c1-5-17-13(16)12(14-4)9-15-8-6-7-10(2)11(15)3/h10-12,14H,5-9H2,1-4H3. The van der Waals surface area contributed by atoms with Crippen molar-refractivity contribution in [3.05, 3.63) is 0 Å². The highest BCUT2D eigenvalue weighted by molar-refractivity contribution is 5.76. The molecule has 0 amide bonds. The van der Waals surface area contributed by atoms with Gasteiger partial charge in [0, 0.05) is 12.6 Å².